The van der Waals surface area contributed by atoms with Gasteiger partial charge in [-0.15, -0.1) is 0 Å². The fraction of sp³-hybridized carbons (Fsp3) is 0.941. The molecule has 4 heteroatoms. The molecule has 0 unspecified atom stereocenters. The van der Waals surface area contributed by atoms with E-state index in [1.54, 1.807) is 6.92 Å². The second-order valence-electron chi connectivity index (χ2n) is 7.29. The van der Waals surface area contributed by atoms with Gasteiger partial charge >= 0.3 is 0 Å². The Morgan fingerprint density at radius 2 is 1.81 bits per heavy atom. The lowest BCUT2D eigenvalue weighted by molar-refractivity contribution is -0.130. The molecule has 1 amide bonds. The normalized spacial score (nSPS) is 35.5. The summed E-state index contributed by atoms with van der Waals surface area (Å²) in [7, 11) is 1.89. The Balaban J connectivity index is 1.61. The lowest BCUT2D eigenvalue weighted by Gasteiger charge is -2.48. The Labute approximate surface area is 128 Å². The SMILES string of the molecule is CO[C@@H]1CCC[C@]12CCCN(C1CCN(C(C)=O)CC1)C2. The maximum Gasteiger partial charge on any atom is 0.219 e. The van der Waals surface area contributed by atoms with Gasteiger partial charge in [-0.3, -0.25) is 9.69 Å². The average Bonchev–Trinajstić information content (AvgIpc) is 2.89. The number of rotatable bonds is 2. The fourth-order valence-corrected chi connectivity index (χ4v) is 5.00. The lowest BCUT2D eigenvalue weighted by atomic mass is 9.76. The highest BCUT2D eigenvalue weighted by Gasteiger charge is 2.46. The summed E-state index contributed by atoms with van der Waals surface area (Å²) in [6.45, 7) is 6.03. The van der Waals surface area contributed by atoms with Crippen LogP contribution in [0.4, 0.5) is 0 Å². The van der Waals surface area contributed by atoms with E-state index in [1.807, 2.05) is 12.0 Å². The molecule has 0 aromatic rings. The van der Waals surface area contributed by atoms with Gasteiger partial charge in [-0.25, -0.2) is 0 Å². The van der Waals surface area contributed by atoms with E-state index < -0.39 is 0 Å². The number of hydrogen-bond donors (Lipinski definition) is 0. The summed E-state index contributed by atoms with van der Waals surface area (Å²) in [5.41, 5.74) is 0.421. The molecule has 2 heterocycles. The summed E-state index contributed by atoms with van der Waals surface area (Å²) >= 11 is 0. The maximum atomic E-state index is 11.5. The summed E-state index contributed by atoms with van der Waals surface area (Å²) in [5.74, 6) is 0.235. The number of likely N-dealkylation sites (tertiary alicyclic amines) is 2. The summed E-state index contributed by atoms with van der Waals surface area (Å²) in [4.78, 5) is 16.2. The highest BCUT2D eigenvalue weighted by atomic mass is 16.5. The van der Waals surface area contributed by atoms with Crippen LogP contribution < -0.4 is 0 Å². The third-order valence-corrected chi connectivity index (χ3v) is 6.17. The quantitative estimate of drug-likeness (QED) is 0.783. The lowest BCUT2D eigenvalue weighted by Crippen LogP contribution is -2.54. The van der Waals surface area contributed by atoms with Crippen LogP contribution in [0.3, 0.4) is 0 Å². The number of piperidine rings is 2. The predicted molar refractivity (Wildman–Crippen MR) is 83.2 cm³/mol. The number of ether oxygens (including phenoxy) is 1. The molecule has 1 aliphatic carbocycles. The Morgan fingerprint density at radius 3 is 2.48 bits per heavy atom. The molecule has 3 fully saturated rings. The predicted octanol–water partition coefficient (Wildman–Crippen LogP) is 2.28. The van der Waals surface area contributed by atoms with Crippen LogP contribution in [0.25, 0.3) is 0 Å². The molecule has 1 saturated carbocycles. The molecule has 21 heavy (non-hydrogen) atoms. The summed E-state index contributed by atoms with van der Waals surface area (Å²) in [5, 5.41) is 0. The molecule has 4 nitrogen and oxygen atoms in total. The van der Waals surface area contributed by atoms with Gasteiger partial charge in [0.25, 0.3) is 0 Å². The molecule has 0 radical (unpaired) electrons. The van der Waals surface area contributed by atoms with Crippen LogP contribution in [0.5, 0.6) is 0 Å². The second kappa shape index (κ2) is 6.25. The van der Waals surface area contributed by atoms with E-state index in [0.29, 0.717) is 17.6 Å². The number of amides is 1. The van der Waals surface area contributed by atoms with Crippen LogP contribution in [0.2, 0.25) is 0 Å². The van der Waals surface area contributed by atoms with Gasteiger partial charge in [0, 0.05) is 45.1 Å². The smallest absolute Gasteiger partial charge is 0.219 e. The first-order valence-electron chi connectivity index (χ1n) is 8.67. The Bertz CT molecular complexity index is 379. The van der Waals surface area contributed by atoms with Crippen molar-refractivity contribution in [2.24, 2.45) is 5.41 Å². The molecule has 3 rings (SSSR count). The first kappa shape index (κ1) is 15.3. The molecule has 2 atom stereocenters. The van der Waals surface area contributed by atoms with Crippen LogP contribution in [0.15, 0.2) is 0 Å². The molecule has 2 saturated heterocycles. The third kappa shape index (κ3) is 2.98. The molecule has 0 bridgehead atoms. The van der Waals surface area contributed by atoms with Crippen molar-refractivity contribution in [1.82, 2.24) is 9.80 Å². The number of carbonyl (C=O) groups excluding carboxylic acids is 1. The van der Waals surface area contributed by atoms with Crippen LogP contribution in [0, 0.1) is 5.41 Å². The summed E-state index contributed by atoms with van der Waals surface area (Å²) in [6.07, 6.45) is 9.33. The molecule has 3 aliphatic rings. The van der Waals surface area contributed by atoms with E-state index in [9.17, 15) is 4.79 Å². The van der Waals surface area contributed by atoms with Crippen molar-refractivity contribution in [3.8, 4) is 0 Å². The molecule has 0 aromatic heterocycles. The van der Waals surface area contributed by atoms with E-state index in [-0.39, 0.29) is 5.91 Å². The highest BCUT2D eigenvalue weighted by molar-refractivity contribution is 5.73. The van der Waals surface area contributed by atoms with Crippen LogP contribution >= 0.6 is 0 Å². The summed E-state index contributed by atoms with van der Waals surface area (Å²) in [6, 6.07) is 0.677. The second-order valence-corrected chi connectivity index (χ2v) is 7.29. The first-order chi connectivity index (χ1) is 10.1. The Hall–Kier alpha value is -0.610. The molecule has 1 spiro atoms. The zero-order chi connectivity index (χ0) is 14.9. The number of carbonyl (C=O) groups is 1. The maximum absolute atomic E-state index is 11.5. The molecule has 120 valence electrons. The molecule has 2 aliphatic heterocycles. The fourth-order valence-electron chi connectivity index (χ4n) is 5.00. The van der Waals surface area contributed by atoms with Crippen molar-refractivity contribution in [2.75, 3.05) is 33.3 Å². The van der Waals surface area contributed by atoms with Crippen molar-refractivity contribution in [3.05, 3.63) is 0 Å². The van der Waals surface area contributed by atoms with Gasteiger partial charge < -0.3 is 9.64 Å². The monoisotopic (exact) mass is 294 g/mol. The van der Waals surface area contributed by atoms with Crippen LogP contribution in [-0.2, 0) is 9.53 Å². The standard InChI is InChI=1S/C17H30N2O2/c1-14(20)18-11-6-15(7-12-18)19-10-4-9-17(13-19)8-3-5-16(17)21-2/h15-16H,3-13H2,1-2H3/t16-,17-/m1/s1. The molecular weight excluding hydrogens is 264 g/mol. The average molecular weight is 294 g/mol. The van der Waals surface area contributed by atoms with Gasteiger partial charge in [-0.1, -0.05) is 6.42 Å². The highest BCUT2D eigenvalue weighted by Crippen LogP contribution is 2.47. The minimum absolute atomic E-state index is 0.235. The zero-order valence-electron chi connectivity index (χ0n) is 13.6. The van der Waals surface area contributed by atoms with Gasteiger partial charge in [-0.05, 0) is 45.1 Å². The zero-order valence-corrected chi connectivity index (χ0v) is 13.6. The van der Waals surface area contributed by atoms with Gasteiger partial charge in [0.05, 0.1) is 6.10 Å². The Kier molecular flexibility index (Phi) is 4.55. The van der Waals surface area contributed by atoms with E-state index in [0.717, 1.165) is 25.9 Å². The van der Waals surface area contributed by atoms with Crippen molar-refractivity contribution >= 4 is 5.91 Å². The number of methoxy groups -OCH3 is 1. The number of nitrogens with zero attached hydrogens (tertiary/aromatic N) is 2. The number of hydrogen-bond acceptors (Lipinski definition) is 3. The van der Waals surface area contributed by atoms with Crippen LogP contribution in [-0.4, -0.2) is 61.1 Å². The van der Waals surface area contributed by atoms with E-state index in [2.05, 4.69) is 4.90 Å². The molecule has 0 N–H and O–H groups in total. The van der Waals surface area contributed by atoms with Crippen molar-refractivity contribution in [2.45, 2.75) is 64.0 Å². The van der Waals surface area contributed by atoms with E-state index in [1.165, 1.54) is 45.2 Å². The minimum Gasteiger partial charge on any atom is -0.381 e. The summed E-state index contributed by atoms with van der Waals surface area (Å²) < 4.78 is 5.81. The van der Waals surface area contributed by atoms with Gasteiger partial charge in [-0.2, -0.15) is 0 Å². The Morgan fingerprint density at radius 1 is 1.10 bits per heavy atom. The third-order valence-electron chi connectivity index (χ3n) is 6.17. The van der Waals surface area contributed by atoms with E-state index >= 15 is 0 Å². The van der Waals surface area contributed by atoms with Crippen molar-refractivity contribution in [1.29, 1.82) is 0 Å². The van der Waals surface area contributed by atoms with E-state index in [4.69, 9.17) is 4.74 Å². The minimum atomic E-state index is 0.235. The van der Waals surface area contributed by atoms with Gasteiger partial charge in [0.15, 0.2) is 0 Å². The van der Waals surface area contributed by atoms with Gasteiger partial charge in [0.2, 0.25) is 5.91 Å². The first-order valence-corrected chi connectivity index (χ1v) is 8.67. The molecular formula is C17H30N2O2. The van der Waals surface area contributed by atoms with Gasteiger partial charge in [0.1, 0.15) is 0 Å². The van der Waals surface area contributed by atoms with Crippen molar-refractivity contribution < 1.29 is 9.53 Å². The topological polar surface area (TPSA) is 32.8 Å². The van der Waals surface area contributed by atoms with Crippen LogP contribution in [0.1, 0.15) is 51.9 Å². The molecule has 0 aromatic carbocycles. The van der Waals surface area contributed by atoms with Crippen molar-refractivity contribution in [3.63, 3.8) is 0 Å². The largest absolute Gasteiger partial charge is 0.381 e.